The standard InChI is InChI=1S/C11H24N2O/c1-3-11(10-14-2)12-6-9-13-7-4-5-8-13/h11-12H,3-10H2,1-2H3. The zero-order valence-corrected chi connectivity index (χ0v) is 9.59. The maximum absolute atomic E-state index is 5.14. The van der Waals surface area contributed by atoms with Gasteiger partial charge >= 0.3 is 0 Å². The summed E-state index contributed by atoms with van der Waals surface area (Å²) in [6, 6.07) is 0.530. The Bertz CT molecular complexity index is 135. The van der Waals surface area contributed by atoms with Crippen LogP contribution in [0, 0.1) is 0 Å². The molecule has 1 heterocycles. The third-order valence-electron chi connectivity index (χ3n) is 2.92. The van der Waals surface area contributed by atoms with Crippen molar-refractivity contribution in [2.24, 2.45) is 0 Å². The Morgan fingerprint density at radius 2 is 2.07 bits per heavy atom. The molecule has 1 N–H and O–H groups in total. The second-order valence-electron chi connectivity index (χ2n) is 4.06. The van der Waals surface area contributed by atoms with E-state index < -0.39 is 0 Å². The third kappa shape index (κ3) is 4.40. The smallest absolute Gasteiger partial charge is 0.0615 e. The molecule has 0 aromatic carbocycles. The molecule has 1 rings (SSSR count). The van der Waals surface area contributed by atoms with Crippen LogP contribution in [0.4, 0.5) is 0 Å². The number of rotatable bonds is 7. The summed E-state index contributed by atoms with van der Waals surface area (Å²) >= 11 is 0. The Balaban J connectivity index is 2.00. The molecule has 3 heteroatoms. The Kier molecular flexibility index (Phi) is 6.15. The lowest BCUT2D eigenvalue weighted by Crippen LogP contribution is -2.38. The van der Waals surface area contributed by atoms with Gasteiger partial charge in [-0.15, -0.1) is 0 Å². The molecule has 0 bridgehead atoms. The highest BCUT2D eigenvalue weighted by Crippen LogP contribution is 2.05. The van der Waals surface area contributed by atoms with Crippen LogP contribution in [0.25, 0.3) is 0 Å². The number of likely N-dealkylation sites (tertiary alicyclic amines) is 1. The number of methoxy groups -OCH3 is 1. The van der Waals surface area contributed by atoms with Crippen LogP contribution in [-0.4, -0.2) is 50.8 Å². The van der Waals surface area contributed by atoms with E-state index in [-0.39, 0.29) is 0 Å². The summed E-state index contributed by atoms with van der Waals surface area (Å²) in [5.41, 5.74) is 0. The predicted molar refractivity (Wildman–Crippen MR) is 59.6 cm³/mol. The Labute approximate surface area is 87.8 Å². The normalized spacial score (nSPS) is 20.1. The summed E-state index contributed by atoms with van der Waals surface area (Å²) in [7, 11) is 1.77. The molecule has 1 aliphatic rings. The van der Waals surface area contributed by atoms with Crippen LogP contribution in [0.1, 0.15) is 26.2 Å². The van der Waals surface area contributed by atoms with E-state index >= 15 is 0 Å². The van der Waals surface area contributed by atoms with E-state index in [0.29, 0.717) is 6.04 Å². The molecular formula is C11H24N2O. The van der Waals surface area contributed by atoms with Gasteiger partial charge in [0.1, 0.15) is 0 Å². The molecule has 1 fully saturated rings. The fourth-order valence-corrected chi connectivity index (χ4v) is 1.96. The van der Waals surface area contributed by atoms with E-state index in [9.17, 15) is 0 Å². The molecule has 1 unspecified atom stereocenters. The number of nitrogens with zero attached hydrogens (tertiary/aromatic N) is 1. The molecule has 84 valence electrons. The average Bonchev–Trinajstić information content (AvgIpc) is 2.69. The van der Waals surface area contributed by atoms with Crippen LogP contribution in [0.3, 0.4) is 0 Å². The number of nitrogens with one attached hydrogen (secondary N) is 1. The fourth-order valence-electron chi connectivity index (χ4n) is 1.96. The van der Waals surface area contributed by atoms with E-state index in [0.717, 1.165) is 19.6 Å². The number of hydrogen-bond donors (Lipinski definition) is 1. The Hall–Kier alpha value is -0.120. The van der Waals surface area contributed by atoms with Crippen LogP contribution in [-0.2, 0) is 4.74 Å². The molecule has 0 aromatic rings. The maximum Gasteiger partial charge on any atom is 0.0615 e. The molecule has 0 aromatic heterocycles. The Morgan fingerprint density at radius 1 is 1.36 bits per heavy atom. The van der Waals surface area contributed by atoms with Crippen LogP contribution in [0.2, 0.25) is 0 Å². The van der Waals surface area contributed by atoms with E-state index in [2.05, 4.69) is 17.1 Å². The summed E-state index contributed by atoms with van der Waals surface area (Å²) in [5.74, 6) is 0. The van der Waals surface area contributed by atoms with Crippen molar-refractivity contribution < 1.29 is 4.74 Å². The zero-order valence-electron chi connectivity index (χ0n) is 9.59. The lowest BCUT2D eigenvalue weighted by molar-refractivity contribution is 0.162. The molecule has 1 atom stereocenters. The molecule has 1 aliphatic heterocycles. The van der Waals surface area contributed by atoms with Crippen molar-refractivity contribution in [1.29, 1.82) is 0 Å². The highest BCUT2D eigenvalue weighted by molar-refractivity contribution is 4.69. The minimum Gasteiger partial charge on any atom is -0.383 e. The summed E-state index contributed by atoms with van der Waals surface area (Å²) in [5, 5.41) is 3.53. The molecular weight excluding hydrogens is 176 g/mol. The van der Waals surface area contributed by atoms with Crippen molar-refractivity contribution >= 4 is 0 Å². The summed E-state index contributed by atoms with van der Waals surface area (Å²) in [6.45, 7) is 7.91. The van der Waals surface area contributed by atoms with Crippen molar-refractivity contribution in [3.05, 3.63) is 0 Å². The quantitative estimate of drug-likeness (QED) is 0.666. The van der Waals surface area contributed by atoms with Gasteiger partial charge in [-0.2, -0.15) is 0 Å². The van der Waals surface area contributed by atoms with Gasteiger partial charge in [0.15, 0.2) is 0 Å². The van der Waals surface area contributed by atoms with E-state index in [1.807, 2.05) is 0 Å². The number of ether oxygens (including phenoxy) is 1. The first-order valence-electron chi connectivity index (χ1n) is 5.81. The first kappa shape index (κ1) is 12.0. The summed E-state index contributed by atoms with van der Waals surface area (Å²) in [6.07, 6.45) is 3.92. The van der Waals surface area contributed by atoms with Gasteiger partial charge < -0.3 is 15.0 Å². The molecule has 0 radical (unpaired) electrons. The number of hydrogen-bond acceptors (Lipinski definition) is 3. The molecule has 0 aliphatic carbocycles. The van der Waals surface area contributed by atoms with Gasteiger partial charge in [0, 0.05) is 26.2 Å². The van der Waals surface area contributed by atoms with Crippen LogP contribution in [0.5, 0.6) is 0 Å². The lowest BCUT2D eigenvalue weighted by Gasteiger charge is -2.19. The van der Waals surface area contributed by atoms with Crippen molar-refractivity contribution in [2.75, 3.05) is 39.9 Å². The summed E-state index contributed by atoms with van der Waals surface area (Å²) < 4.78 is 5.14. The third-order valence-corrected chi connectivity index (χ3v) is 2.92. The molecule has 0 amide bonds. The largest absolute Gasteiger partial charge is 0.383 e. The fraction of sp³-hybridized carbons (Fsp3) is 1.00. The lowest BCUT2D eigenvalue weighted by atomic mass is 10.2. The topological polar surface area (TPSA) is 24.5 Å². The van der Waals surface area contributed by atoms with Crippen LogP contribution < -0.4 is 5.32 Å². The molecule has 0 spiro atoms. The second-order valence-corrected chi connectivity index (χ2v) is 4.06. The van der Waals surface area contributed by atoms with Gasteiger partial charge in [0.25, 0.3) is 0 Å². The SMILES string of the molecule is CCC(COC)NCCN1CCCC1. The van der Waals surface area contributed by atoms with E-state index in [4.69, 9.17) is 4.74 Å². The second kappa shape index (κ2) is 7.21. The van der Waals surface area contributed by atoms with Crippen molar-refractivity contribution in [1.82, 2.24) is 10.2 Å². The van der Waals surface area contributed by atoms with Crippen molar-refractivity contribution in [2.45, 2.75) is 32.2 Å². The zero-order chi connectivity index (χ0) is 10.2. The first-order chi connectivity index (χ1) is 6.86. The van der Waals surface area contributed by atoms with Gasteiger partial charge in [-0.1, -0.05) is 6.92 Å². The first-order valence-corrected chi connectivity index (χ1v) is 5.81. The van der Waals surface area contributed by atoms with Crippen molar-refractivity contribution in [3.8, 4) is 0 Å². The van der Waals surface area contributed by atoms with Gasteiger partial charge in [-0.25, -0.2) is 0 Å². The van der Waals surface area contributed by atoms with Gasteiger partial charge in [-0.05, 0) is 32.4 Å². The van der Waals surface area contributed by atoms with Gasteiger partial charge in [0.2, 0.25) is 0 Å². The van der Waals surface area contributed by atoms with Crippen LogP contribution >= 0.6 is 0 Å². The molecule has 0 saturated carbocycles. The molecule has 14 heavy (non-hydrogen) atoms. The molecule has 1 saturated heterocycles. The highest BCUT2D eigenvalue weighted by Gasteiger charge is 2.11. The Morgan fingerprint density at radius 3 is 2.64 bits per heavy atom. The highest BCUT2D eigenvalue weighted by atomic mass is 16.5. The summed E-state index contributed by atoms with van der Waals surface area (Å²) in [4.78, 5) is 2.53. The minimum atomic E-state index is 0.530. The van der Waals surface area contributed by atoms with E-state index in [1.54, 1.807) is 7.11 Å². The minimum absolute atomic E-state index is 0.530. The van der Waals surface area contributed by atoms with Gasteiger partial charge in [0.05, 0.1) is 6.61 Å². The molecule has 3 nitrogen and oxygen atoms in total. The van der Waals surface area contributed by atoms with E-state index in [1.165, 1.54) is 32.5 Å². The monoisotopic (exact) mass is 200 g/mol. The average molecular weight is 200 g/mol. The predicted octanol–water partition coefficient (Wildman–Crippen LogP) is 1.10. The van der Waals surface area contributed by atoms with Gasteiger partial charge in [-0.3, -0.25) is 0 Å². The van der Waals surface area contributed by atoms with Crippen LogP contribution in [0.15, 0.2) is 0 Å². The van der Waals surface area contributed by atoms with Crippen molar-refractivity contribution in [3.63, 3.8) is 0 Å². The maximum atomic E-state index is 5.14.